The molecule has 0 bridgehead atoms. The van der Waals surface area contributed by atoms with Gasteiger partial charge in [-0.15, -0.1) is 0 Å². The number of rotatable bonds is 2. The zero-order chi connectivity index (χ0) is 11.7. The van der Waals surface area contributed by atoms with Crippen molar-refractivity contribution in [3.05, 3.63) is 51.0 Å². The molecule has 0 atom stereocenters. The minimum absolute atomic E-state index is 0.874. The molecule has 0 radical (unpaired) electrons. The van der Waals surface area contributed by atoms with Crippen LogP contribution in [0.25, 0.3) is 6.08 Å². The van der Waals surface area contributed by atoms with Gasteiger partial charge in [-0.25, -0.2) is 4.98 Å². The van der Waals surface area contributed by atoms with Gasteiger partial charge < -0.3 is 4.98 Å². The maximum absolute atomic E-state index is 4.46. The smallest absolute Gasteiger partial charge is 0.132 e. The fourth-order valence-corrected chi connectivity index (χ4v) is 2.32. The third-order valence-electron chi connectivity index (χ3n) is 2.91. The second-order valence-electron chi connectivity index (χ2n) is 4.12. The van der Waals surface area contributed by atoms with Crippen molar-refractivity contribution in [2.45, 2.75) is 12.8 Å². The van der Waals surface area contributed by atoms with Gasteiger partial charge in [-0.1, -0.05) is 12.1 Å². The van der Waals surface area contributed by atoms with Crippen molar-refractivity contribution < 1.29 is 0 Å². The average molecular weight is 290 g/mol. The van der Waals surface area contributed by atoms with Crippen LogP contribution in [-0.4, -0.2) is 16.5 Å². The number of hydrogen-bond acceptors (Lipinski definition) is 2. The molecule has 0 aromatic carbocycles. The molecule has 3 nitrogen and oxygen atoms in total. The number of H-pyrrole nitrogens is 1. The van der Waals surface area contributed by atoms with E-state index in [1.54, 1.807) is 0 Å². The minimum Gasteiger partial charge on any atom is -0.346 e. The Kier molecular flexibility index (Phi) is 2.81. The van der Waals surface area contributed by atoms with E-state index in [9.17, 15) is 0 Å². The number of nitrogens with one attached hydrogen (secondary N) is 1. The summed E-state index contributed by atoms with van der Waals surface area (Å²) < 4.78 is 0.874. The maximum atomic E-state index is 4.46. The highest BCUT2D eigenvalue weighted by Crippen LogP contribution is 2.09. The molecule has 0 spiro atoms. The summed E-state index contributed by atoms with van der Waals surface area (Å²) in [7, 11) is 0. The van der Waals surface area contributed by atoms with E-state index in [1.165, 1.54) is 16.3 Å². The second kappa shape index (κ2) is 4.45. The lowest BCUT2D eigenvalue weighted by molar-refractivity contribution is 0.933. The van der Waals surface area contributed by atoms with Crippen LogP contribution in [0.15, 0.2) is 34.1 Å². The topological polar surface area (TPSA) is 41.0 Å². The second-order valence-corrected chi connectivity index (χ2v) is 4.93. The standard InChI is InChI=1S/C13H12BrN3/c14-12-4-3-9(7-16-12)6-10-8-17-13-11(10)2-1-5-15-13/h2-4,7-8H,1,5-6H2,(H,15,17). The van der Waals surface area contributed by atoms with Gasteiger partial charge in [0.05, 0.1) is 0 Å². The van der Waals surface area contributed by atoms with Crippen molar-refractivity contribution in [3.8, 4) is 0 Å². The third kappa shape index (κ3) is 2.17. The molecule has 17 heavy (non-hydrogen) atoms. The van der Waals surface area contributed by atoms with Gasteiger partial charge in [0, 0.05) is 30.6 Å². The lowest BCUT2D eigenvalue weighted by Crippen LogP contribution is -2.28. The molecule has 3 heterocycles. The Morgan fingerprint density at radius 2 is 2.29 bits per heavy atom. The highest BCUT2D eigenvalue weighted by Gasteiger charge is 2.04. The van der Waals surface area contributed by atoms with Crippen LogP contribution in [-0.2, 0) is 6.42 Å². The molecule has 2 aromatic heterocycles. The summed E-state index contributed by atoms with van der Waals surface area (Å²) in [6, 6.07) is 4.07. The van der Waals surface area contributed by atoms with Crippen LogP contribution in [0.4, 0.5) is 0 Å². The molecule has 0 saturated carbocycles. The third-order valence-corrected chi connectivity index (χ3v) is 3.38. The van der Waals surface area contributed by atoms with E-state index >= 15 is 0 Å². The normalized spacial score (nSPS) is 13.7. The summed E-state index contributed by atoms with van der Waals surface area (Å²) in [6.45, 7) is 0.896. The number of aromatic amines is 1. The van der Waals surface area contributed by atoms with E-state index < -0.39 is 0 Å². The maximum Gasteiger partial charge on any atom is 0.132 e. The van der Waals surface area contributed by atoms with Crippen LogP contribution in [0.2, 0.25) is 0 Å². The number of pyridine rings is 1. The fraction of sp³-hybridized carbons (Fsp3) is 0.231. The number of halogens is 1. The zero-order valence-electron chi connectivity index (χ0n) is 9.28. The SMILES string of the molecule is Brc1ccc(Cc2c[nH]c3c2=CCCN=3)cn1. The molecule has 1 aliphatic heterocycles. The van der Waals surface area contributed by atoms with E-state index in [1.807, 2.05) is 12.3 Å². The van der Waals surface area contributed by atoms with E-state index in [0.29, 0.717) is 0 Å². The molecule has 0 unspecified atom stereocenters. The molecular formula is C13H12BrN3. The first kappa shape index (κ1) is 10.7. The van der Waals surface area contributed by atoms with Crippen molar-refractivity contribution in [2.75, 3.05) is 6.54 Å². The van der Waals surface area contributed by atoms with E-state index in [4.69, 9.17) is 0 Å². The predicted octanol–water partition coefficient (Wildman–Crippen LogP) is 1.57. The van der Waals surface area contributed by atoms with Crippen LogP contribution in [0, 0.1) is 0 Å². The molecule has 0 amide bonds. The summed E-state index contributed by atoms with van der Waals surface area (Å²) in [5.41, 5.74) is 3.54. The summed E-state index contributed by atoms with van der Waals surface area (Å²) in [4.78, 5) is 11.9. The Hall–Kier alpha value is -1.42. The molecule has 2 aromatic rings. The largest absolute Gasteiger partial charge is 0.346 e. The molecule has 4 heteroatoms. The summed E-state index contributed by atoms with van der Waals surface area (Å²) in [5, 5.41) is 1.26. The Morgan fingerprint density at radius 3 is 3.12 bits per heavy atom. The highest BCUT2D eigenvalue weighted by molar-refractivity contribution is 9.10. The number of hydrogen-bond donors (Lipinski definition) is 1. The number of fused-ring (bicyclic) bond motifs is 1. The van der Waals surface area contributed by atoms with Crippen LogP contribution in [0.3, 0.4) is 0 Å². The molecule has 0 saturated heterocycles. The van der Waals surface area contributed by atoms with E-state index in [0.717, 1.165) is 29.5 Å². The zero-order valence-corrected chi connectivity index (χ0v) is 10.9. The van der Waals surface area contributed by atoms with Gasteiger partial charge in [0.1, 0.15) is 10.1 Å². The molecular weight excluding hydrogens is 278 g/mol. The van der Waals surface area contributed by atoms with Crippen molar-refractivity contribution >= 4 is 22.0 Å². The minimum atomic E-state index is 0.874. The van der Waals surface area contributed by atoms with Crippen LogP contribution in [0.1, 0.15) is 17.5 Å². The fourth-order valence-electron chi connectivity index (χ4n) is 2.08. The molecule has 0 aliphatic carbocycles. The van der Waals surface area contributed by atoms with Gasteiger partial charge in [-0.05, 0) is 39.5 Å². The Bertz CT molecular complexity index is 640. The first-order valence-electron chi connectivity index (χ1n) is 5.64. The first-order chi connectivity index (χ1) is 8.33. The van der Waals surface area contributed by atoms with Gasteiger partial charge in [-0.2, -0.15) is 0 Å². The van der Waals surface area contributed by atoms with Crippen molar-refractivity contribution in [1.82, 2.24) is 9.97 Å². The Labute approximate surface area is 107 Å². The summed E-state index contributed by atoms with van der Waals surface area (Å²) >= 11 is 3.34. The molecule has 0 fully saturated rings. The quantitative estimate of drug-likeness (QED) is 0.838. The lowest BCUT2D eigenvalue weighted by atomic mass is 10.1. The van der Waals surface area contributed by atoms with Gasteiger partial charge in [0.25, 0.3) is 0 Å². The predicted molar refractivity (Wildman–Crippen MR) is 70.3 cm³/mol. The van der Waals surface area contributed by atoms with Crippen LogP contribution in [0.5, 0.6) is 0 Å². The van der Waals surface area contributed by atoms with Gasteiger partial charge in [0.2, 0.25) is 0 Å². The van der Waals surface area contributed by atoms with E-state index in [2.05, 4.69) is 49.2 Å². The van der Waals surface area contributed by atoms with Crippen molar-refractivity contribution in [1.29, 1.82) is 0 Å². The summed E-state index contributed by atoms with van der Waals surface area (Å²) in [6.07, 6.45) is 8.16. The molecule has 1 N–H and O–H groups in total. The Balaban J connectivity index is 1.97. The highest BCUT2D eigenvalue weighted by atomic mass is 79.9. The van der Waals surface area contributed by atoms with Crippen molar-refractivity contribution in [2.24, 2.45) is 4.99 Å². The van der Waals surface area contributed by atoms with Gasteiger partial charge in [0.15, 0.2) is 0 Å². The Morgan fingerprint density at radius 1 is 1.35 bits per heavy atom. The van der Waals surface area contributed by atoms with Gasteiger partial charge in [-0.3, -0.25) is 4.99 Å². The lowest BCUT2D eigenvalue weighted by Gasteiger charge is -2.00. The average Bonchev–Trinajstić information content (AvgIpc) is 2.76. The van der Waals surface area contributed by atoms with Crippen LogP contribution >= 0.6 is 15.9 Å². The number of aromatic nitrogens is 2. The molecule has 3 rings (SSSR count). The van der Waals surface area contributed by atoms with Crippen LogP contribution < -0.4 is 10.7 Å². The summed E-state index contributed by atoms with van der Waals surface area (Å²) in [5.74, 6) is 0. The van der Waals surface area contributed by atoms with E-state index in [-0.39, 0.29) is 0 Å². The van der Waals surface area contributed by atoms with Gasteiger partial charge >= 0.3 is 0 Å². The first-order valence-corrected chi connectivity index (χ1v) is 6.43. The number of nitrogens with zero attached hydrogens (tertiary/aromatic N) is 2. The molecule has 1 aliphatic rings. The monoisotopic (exact) mass is 289 g/mol. The molecule has 86 valence electrons. The van der Waals surface area contributed by atoms with Crippen molar-refractivity contribution in [3.63, 3.8) is 0 Å².